The number of halogens is 6. The van der Waals surface area contributed by atoms with E-state index in [1.165, 1.54) is 33.5 Å². The molecule has 1 heterocycles. The molecule has 2 fully saturated rings. The molecule has 1 saturated heterocycles. The van der Waals surface area contributed by atoms with E-state index in [9.17, 15) is 14.4 Å². The van der Waals surface area contributed by atoms with Crippen LogP contribution in [-0.2, 0) is 14.4 Å². The zero-order valence-corrected chi connectivity index (χ0v) is 21.4. The minimum absolute atomic E-state index is 0.107. The van der Waals surface area contributed by atoms with Crippen LogP contribution in [0.4, 0.5) is 0 Å². The van der Waals surface area contributed by atoms with Gasteiger partial charge in [-0.3, -0.25) is 9.59 Å². The molecule has 2 amide bonds. The summed E-state index contributed by atoms with van der Waals surface area (Å²) in [6, 6.07) is 2.56. The number of carbonyl (C=O) groups excluding carboxylic acids is 3. The molecule has 1 saturated carbocycles. The van der Waals surface area contributed by atoms with Crippen molar-refractivity contribution in [2.75, 3.05) is 21.3 Å². The van der Waals surface area contributed by atoms with Crippen molar-refractivity contribution in [1.29, 1.82) is 0 Å². The molecule has 3 aliphatic rings. The van der Waals surface area contributed by atoms with Crippen LogP contribution in [0.5, 0.6) is 17.2 Å². The van der Waals surface area contributed by atoms with Gasteiger partial charge in [0.25, 0.3) is 11.8 Å². The van der Waals surface area contributed by atoms with Crippen LogP contribution >= 0.6 is 69.6 Å². The van der Waals surface area contributed by atoms with Gasteiger partial charge < -0.3 is 19.0 Å². The monoisotopic (exact) mass is 577 g/mol. The second kappa shape index (κ2) is 7.86. The lowest BCUT2D eigenvalue weighted by Gasteiger charge is -2.34. The number of carbonyl (C=O) groups is 3. The molecule has 1 aromatic rings. The molecule has 0 radical (unpaired) electrons. The molecule has 14 heteroatoms. The molecule has 8 nitrogen and oxygen atoms in total. The number of nitrogens with zero attached hydrogens (tertiary/aromatic N) is 1. The third-order valence-corrected chi connectivity index (χ3v) is 10.2. The minimum atomic E-state index is -2.09. The third-order valence-electron chi connectivity index (χ3n) is 5.94. The molecule has 33 heavy (non-hydrogen) atoms. The van der Waals surface area contributed by atoms with E-state index in [2.05, 4.69) is 0 Å². The average molecular weight is 580 g/mol. The molecular formula is C19H13Cl6NO7. The molecule has 0 N–H and O–H groups in total. The van der Waals surface area contributed by atoms with Gasteiger partial charge in [0.15, 0.2) is 15.8 Å². The first-order chi connectivity index (χ1) is 15.3. The highest BCUT2D eigenvalue weighted by atomic mass is 35.5. The number of alkyl halides is 4. The van der Waals surface area contributed by atoms with Crippen LogP contribution in [0.2, 0.25) is 0 Å². The second-order valence-corrected chi connectivity index (χ2v) is 10.6. The van der Waals surface area contributed by atoms with Gasteiger partial charge in [0.2, 0.25) is 5.75 Å². The van der Waals surface area contributed by atoms with Crippen molar-refractivity contribution < 1.29 is 33.4 Å². The summed E-state index contributed by atoms with van der Waals surface area (Å²) >= 11 is 38.5. The first kappa shape index (κ1) is 24.8. The summed E-state index contributed by atoms with van der Waals surface area (Å²) in [4.78, 5) is 40.3. The Morgan fingerprint density at radius 1 is 0.848 bits per heavy atom. The maximum Gasteiger partial charge on any atom is 0.364 e. The van der Waals surface area contributed by atoms with Gasteiger partial charge in [-0.15, -0.1) is 28.3 Å². The molecule has 4 rings (SSSR count). The van der Waals surface area contributed by atoms with Crippen LogP contribution in [0, 0.1) is 11.8 Å². The van der Waals surface area contributed by atoms with Crippen LogP contribution in [0.15, 0.2) is 22.2 Å². The fourth-order valence-electron chi connectivity index (χ4n) is 4.39. The fourth-order valence-corrected chi connectivity index (χ4v) is 7.32. The number of allylic oxidation sites excluding steroid dienone is 2. The number of methoxy groups -OCH3 is 3. The smallest absolute Gasteiger partial charge is 0.364 e. The molecule has 0 spiro atoms. The quantitative estimate of drug-likeness (QED) is 0.381. The number of ether oxygens (including phenoxy) is 3. The minimum Gasteiger partial charge on any atom is -0.493 e. The largest absolute Gasteiger partial charge is 0.493 e. The predicted molar refractivity (Wildman–Crippen MR) is 121 cm³/mol. The van der Waals surface area contributed by atoms with Crippen LogP contribution in [-0.4, -0.2) is 58.3 Å². The number of imide groups is 1. The van der Waals surface area contributed by atoms with Crippen molar-refractivity contribution in [3.63, 3.8) is 0 Å². The van der Waals surface area contributed by atoms with Gasteiger partial charge in [0.1, 0.15) is 9.75 Å². The molecule has 0 unspecified atom stereocenters. The Labute approximate surface area is 217 Å². The summed E-state index contributed by atoms with van der Waals surface area (Å²) in [5.41, 5.74) is -0.107. The Hall–Kier alpha value is -1.29. The molecule has 2 bridgehead atoms. The summed E-state index contributed by atoms with van der Waals surface area (Å²) in [6.07, 6.45) is 0. The van der Waals surface area contributed by atoms with Crippen molar-refractivity contribution in [3.8, 4) is 17.2 Å². The lowest BCUT2D eigenvalue weighted by Crippen LogP contribution is -2.50. The van der Waals surface area contributed by atoms with E-state index >= 15 is 0 Å². The summed E-state index contributed by atoms with van der Waals surface area (Å²) in [6.45, 7) is 0. The van der Waals surface area contributed by atoms with Gasteiger partial charge >= 0.3 is 5.97 Å². The number of amides is 2. The third kappa shape index (κ3) is 2.82. The SMILES string of the molecule is COc1cc(C(=O)ON2C(=O)[C@H]3[C@H](C2=O)[C@]2(Cl)C(Cl)=C(Cl)[C@]3(Cl)C2(Cl)Cl)cc(OC)c1OC. The molecule has 2 aliphatic carbocycles. The van der Waals surface area contributed by atoms with E-state index in [1.807, 2.05) is 0 Å². The lowest BCUT2D eigenvalue weighted by molar-refractivity contribution is -0.175. The summed E-state index contributed by atoms with van der Waals surface area (Å²) in [5.74, 6) is -5.43. The molecule has 4 atom stereocenters. The van der Waals surface area contributed by atoms with E-state index < -0.39 is 43.7 Å². The highest BCUT2D eigenvalue weighted by Gasteiger charge is 2.88. The molecule has 1 aromatic carbocycles. The average Bonchev–Trinajstić information content (AvgIpc) is 3.16. The van der Waals surface area contributed by atoms with Gasteiger partial charge in [-0.1, -0.05) is 46.4 Å². The summed E-state index contributed by atoms with van der Waals surface area (Å²) in [7, 11) is 4.08. The van der Waals surface area contributed by atoms with E-state index in [0.717, 1.165) is 0 Å². The van der Waals surface area contributed by atoms with Crippen molar-refractivity contribution >= 4 is 87.4 Å². The Kier molecular flexibility index (Phi) is 5.92. The lowest BCUT2D eigenvalue weighted by atomic mass is 9.84. The van der Waals surface area contributed by atoms with E-state index in [4.69, 9.17) is 88.7 Å². The van der Waals surface area contributed by atoms with E-state index in [1.54, 1.807) is 0 Å². The highest BCUT2D eigenvalue weighted by Crippen LogP contribution is 2.77. The van der Waals surface area contributed by atoms with Crippen molar-refractivity contribution in [1.82, 2.24) is 5.06 Å². The number of hydrogen-bond acceptors (Lipinski definition) is 7. The Balaban J connectivity index is 1.69. The number of hydrogen-bond donors (Lipinski definition) is 0. The van der Waals surface area contributed by atoms with Crippen LogP contribution in [0.3, 0.4) is 0 Å². The predicted octanol–water partition coefficient (Wildman–Crippen LogP) is 4.23. The van der Waals surface area contributed by atoms with Crippen LogP contribution in [0.25, 0.3) is 0 Å². The Morgan fingerprint density at radius 3 is 1.64 bits per heavy atom. The maximum atomic E-state index is 13.2. The van der Waals surface area contributed by atoms with Crippen molar-refractivity contribution in [2.45, 2.75) is 14.1 Å². The van der Waals surface area contributed by atoms with Crippen molar-refractivity contribution in [3.05, 3.63) is 27.8 Å². The van der Waals surface area contributed by atoms with E-state index in [0.29, 0.717) is 0 Å². The number of benzene rings is 1. The van der Waals surface area contributed by atoms with Gasteiger partial charge in [-0.05, 0) is 12.1 Å². The molecule has 0 aromatic heterocycles. The van der Waals surface area contributed by atoms with Gasteiger partial charge in [-0.25, -0.2) is 4.79 Å². The van der Waals surface area contributed by atoms with Crippen LogP contribution < -0.4 is 14.2 Å². The number of fused-ring (bicyclic) bond motifs is 5. The fraction of sp³-hybridized carbons (Fsp3) is 0.421. The topological polar surface area (TPSA) is 91.4 Å². The first-order valence-electron chi connectivity index (χ1n) is 9.06. The summed E-state index contributed by atoms with van der Waals surface area (Å²) in [5, 5.41) is -0.255. The van der Waals surface area contributed by atoms with Gasteiger partial charge in [0, 0.05) is 0 Å². The number of hydroxylamine groups is 2. The first-order valence-corrected chi connectivity index (χ1v) is 11.3. The normalized spacial score (nSPS) is 31.7. The Morgan fingerprint density at radius 2 is 1.27 bits per heavy atom. The highest BCUT2D eigenvalue weighted by molar-refractivity contribution is 6.66. The molecular weight excluding hydrogens is 567 g/mol. The number of rotatable bonds is 5. The zero-order chi connectivity index (χ0) is 24.7. The standard InChI is InChI=1S/C19H13Cl6NO7/c1-30-7-4-6(5-8(31-2)11(7)32-3)16(29)33-26-14(27)9-10(15(26)28)18(23)13(21)12(20)17(9,22)19(18,24)25/h4-5,9-10H,1-3H3/t9-,10-,17+,18+/m1/s1. The molecule has 178 valence electrons. The summed E-state index contributed by atoms with van der Waals surface area (Å²) < 4.78 is 13.5. The maximum absolute atomic E-state index is 13.2. The second-order valence-electron chi connectivity index (χ2n) is 7.34. The zero-order valence-electron chi connectivity index (χ0n) is 16.9. The van der Waals surface area contributed by atoms with Crippen molar-refractivity contribution in [2.24, 2.45) is 11.8 Å². The van der Waals surface area contributed by atoms with E-state index in [-0.39, 0.29) is 37.9 Å². The van der Waals surface area contributed by atoms with Gasteiger partial charge in [-0.2, -0.15) is 0 Å². The van der Waals surface area contributed by atoms with Gasteiger partial charge in [0.05, 0.1) is 48.8 Å². The molecule has 1 aliphatic heterocycles. The Bertz CT molecular complexity index is 1070. The van der Waals surface area contributed by atoms with Crippen LogP contribution in [0.1, 0.15) is 10.4 Å².